The van der Waals surface area contributed by atoms with Gasteiger partial charge in [-0.1, -0.05) is 62.4 Å². The molecule has 4 aromatic rings. The fraction of sp³-hybridized carbons (Fsp3) is 0.268. The molecule has 2 aliphatic heterocycles. The maximum atomic E-state index is 11.8. The number of benzene rings is 4. The lowest BCUT2D eigenvalue weighted by Gasteiger charge is -2.27. The van der Waals surface area contributed by atoms with Crippen LogP contribution in [0.25, 0.3) is 21.5 Å². The molecule has 0 amide bonds. The molecule has 10 nitrogen and oxygen atoms in total. The van der Waals surface area contributed by atoms with Crippen LogP contribution in [-0.4, -0.2) is 60.9 Å². The van der Waals surface area contributed by atoms with Crippen molar-refractivity contribution < 1.29 is 40.4 Å². The molecule has 4 aromatic carbocycles. The van der Waals surface area contributed by atoms with E-state index < -0.39 is 31.6 Å². The molecular formula is C41H43N2O8S2+. The highest BCUT2D eigenvalue weighted by atomic mass is 32.2. The Bertz CT molecular complexity index is 2560. The molecule has 276 valence electrons. The number of allylic oxidation sites excluding steroid dienone is 8. The lowest BCUT2D eigenvalue weighted by molar-refractivity contribution is -0.401. The number of carboxylic acids is 1. The molecule has 0 aliphatic carbocycles. The first kappa shape index (κ1) is 37.9. The third-order valence-electron chi connectivity index (χ3n) is 10.3. The highest BCUT2D eigenvalue weighted by molar-refractivity contribution is 7.86. The van der Waals surface area contributed by atoms with Crippen molar-refractivity contribution in [3.05, 3.63) is 120 Å². The summed E-state index contributed by atoms with van der Waals surface area (Å²) in [6, 6.07) is 16.9. The molecule has 0 aromatic heterocycles. The molecule has 0 spiro atoms. The molecule has 0 radical (unpaired) electrons. The second-order valence-electron chi connectivity index (χ2n) is 14.5. The van der Waals surface area contributed by atoms with Crippen LogP contribution < -0.4 is 4.90 Å². The first-order valence-electron chi connectivity index (χ1n) is 17.3. The van der Waals surface area contributed by atoms with Crippen LogP contribution in [0.4, 0.5) is 11.4 Å². The smallest absolute Gasteiger partial charge is 0.303 e. The van der Waals surface area contributed by atoms with E-state index in [1.165, 1.54) is 24.3 Å². The molecular weight excluding hydrogens is 713 g/mol. The predicted molar refractivity (Wildman–Crippen MR) is 209 cm³/mol. The van der Waals surface area contributed by atoms with Gasteiger partial charge in [0.2, 0.25) is 5.69 Å². The van der Waals surface area contributed by atoms with Crippen molar-refractivity contribution in [2.24, 2.45) is 0 Å². The van der Waals surface area contributed by atoms with Gasteiger partial charge < -0.3 is 10.0 Å². The Morgan fingerprint density at radius 2 is 1.30 bits per heavy atom. The summed E-state index contributed by atoms with van der Waals surface area (Å²) in [4.78, 5) is 13.1. The zero-order chi connectivity index (χ0) is 38.5. The van der Waals surface area contributed by atoms with E-state index in [2.05, 4.69) is 49.3 Å². The molecule has 2 aliphatic rings. The number of fused-ring (bicyclic) bond motifs is 6. The molecule has 0 saturated heterocycles. The van der Waals surface area contributed by atoms with E-state index in [1.807, 2.05) is 61.7 Å². The summed E-state index contributed by atoms with van der Waals surface area (Å²) in [5.74, 6) is -0.830. The summed E-state index contributed by atoms with van der Waals surface area (Å²) in [6.07, 6.45) is 15.2. The van der Waals surface area contributed by atoms with Gasteiger partial charge in [-0.2, -0.15) is 21.4 Å². The van der Waals surface area contributed by atoms with Crippen molar-refractivity contribution >= 4 is 64.8 Å². The Balaban J connectivity index is 1.25. The van der Waals surface area contributed by atoms with Gasteiger partial charge in [-0.25, -0.2) is 0 Å². The lowest BCUT2D eigenvalue weighted by Crippen LogP contribution is -2.27. The molecule has 0 unspecified atom stereocenters. The second kappa shape index (κ2) is 13.8. The van der Waals surface area contributed by atoms with E-state index in [1.54, 1.807) is 12.1 Å². The molecule has 0 saturated carbocycles. The minimum absolute atomic E-state index is 0.0875. The van der Waals surface area contributed by atoms with E-state index in [9.17, 15) is 35.8 Å². The van der Waals surface area contributed by atoms with Crippen LogP contribution in [0.5, 0.6) is 0 Å². The number of carbonyl (C=O) groups is 1. The molecule has 12 heteroatoms. The maximum Gasteiger partial charge on any atom is 0.303 e. The monoisotopic (exact) mass is 755 g/mol. The van der Waals surface area contributed by atoms with Crippen LogP contribution in [-0.2, 0) is 35.9 Å². The standard InChI is InChI=1S/C41H42N2O8S2/c1-40(2)35(42(5)33-22-16-27-25-29(52(46,47)48)18-20-31(27)38(33)40)13-9-7-6-8-10-14-36-41(3,4)39-32-21-19-30(53(49,50)51)26-28(32)17-23-34(39)43(36)24-12-11-15-37(44)45/h6-10,13-14,16-23,25-26H,11-12,15,24H2,1-5H3,(H2-,44,45,46,47,48,49,50,51)/p+1. The largest absolute Gasteiger partial charge is 0.481 e. The van der Waals surface area contributed by atoms with Crippen molar-refractivity contribution in [3.8, 4) is 0 Å². The van der Waals surface area contributed by atoms with Crippen molar-refractivity contribution in [2.45, 2.75) is 67.6 Å². The first-order valence-corrected chi connectivity index (χ1v) is 20.1. The Morgan fingerprint density at radius 3 is 1.91 bits per heavy atom. The Hall–Kier alpha value is -4.88. The van der Waals surface area contributed by atoms with Crippen LogP contribution in [0.3, 0.4) is 0 Å². The second-order valence-corrected chi connectivity index (χ2v) is 17.4. The Labute approximate surface area is 310 Å². The molecule has 0 atom stereocenters. The number of rotatable bonds is 11. The number of carboxylic acid groups (broad SMARTS) is 1. The SMILES string of the molecule is C[N+]1=C(/C=C/C=C/C=C/C=C2/N(CCCCC(=O)O)c3ccc4cc(S(=O)(=O)O)ccc4c3C2(C)C)C(C)(C)c2c1ccc1cc(S(=O)(=O)O)ccc21. The number of anilines is 1. The van der Waals surface area contributed by atoms with E-state index in [-0.39, 0.29) is 21.6 Å². The zero-order valence-electron chi connectivity index (χ0n) is 30.2. The van der Waals surface area contributed by atoms with Gasteiger partial charge in [0, 0.05) is 47.5 Å². The van der Waals surface area contributed by atoms with Crippen LogP contribution in [0.2, 0.25) is 0 Å². The van der Waals surface area contributed by atoms with Gasteiger partial charge in [-0.15, -0.1) is 0 Å². The van der Waals surface area contributed by atoms with Gasteiger partial charge in [0.05, 0.1) is 15.2 Å². The van der Waals surface area contributed by atoms with Gasteiger partial charge in [0.15, 0.2) is 5.71 Å². The molecule has 6 rings (SSSR count). The van der Waals surface area contributed by atoms with Crippen molar-refractivity contribution in [3.63, 3.8) is 0 Å². The van der Waals surface area contributed by atoms with Crippen molar-refractivity contribution in [1.82, 2.24) is 0 Å². The quantitative estimate of drug-likeness (QED) is 0.0597. The highest BCUT2D eigenvalue weighted by Crippen LogP contribution is 2.51. The van der Waals surface area contributed by atoms with Crippen LogP contribution in [0.15, 0.2) is 119 Å². The van der Waals surface area contributed by atoms with E-state index >= 15 is 0 Å². The predicted octanol–water partition coefficient (Wildman–Crippen LogP) is 8.10. The summed E-state index contributed by atoms with van der Waals surface area (Å²) in [6.45, 7) is 9.10. The van der Waals surface area contributed by atoms with Gasteiger partial charge in [0.1, 0.15) is 7.05 Å². The normalized spacial score (nSPS) is 17.7. The van der Waals surface area contributed by atoms with Gasteiger partial charge in [-0.05, 0) is 96.3 Å². The van der Waals surface area contributed by atoms with Crippen molar-refractivity contribution in [2.75, 3.05) is 18.5 Å². The van der Waals surface area contributed by atoms with Gasteiger partial charge in [-0.3, -0.25) is 13.9 Å². The topological polar surface area (TPSA) is 152 Å². The fourth-order valence-corrected chi connectivity index (χ4v) is 8.93. The third kappa shape index (κ3) is 7.11. The minimum Gasteiger partial charge on any atom is -0.481 e. The molecule has 0 bridgehead atoms. The zero-order valence-corrected chi connectivity index (χ0v) is 31.9. The van der Waals surface area contributed by atoms with E-state index in [0.29, 0.717) is 24.8 Å². The van der Waals surface area contributed by atoms with Crippen LogP contribution in [0.1, 0.15) is 58.1 Å². The molecule has 3 N–H and O–H groups in total. The van der Waals surface area contributed by atoms with Gasteiger partial charge >= 0.3 is 5.97 Å². The van der Waals surface area contributed by atoms with Crippen molar-refractivity contribution in [1.29, 1.82) is 0 Å². The summed E-state index contributed by atoms with van der Waals surface area (Å²) >= 11 is 0. The molecule has 53 heavy (non-hydrogen) atoms. The number of aliphatic carboxylic acids is 1. The van der Waals surface area contributed by atoms with E-state index in [0.717, 1.165) is 50.1 Å². The summed E-state index contributed by atoms with van der Waals surface area (Å²) < 4.78 is 68.4. The Kier molecular flexibility index (Phi) is 9.88. The number of hydrogen-bond donors (Lipinski definition) is 3. The van der Waals surface area contributed by atoms with Crippen LogP contribution >= 0.6 is 0 Å². The average Bonchev–Trinajstić information content (AvgIpc) is 3.42. The highest BCUT2D eigenvalue weighted by Gasteiger charge is 2.44. The maximum absolute atomic E-state index is 11.8. The third-order valence-corrected chi connectivity index (χ3v) is 12.0. The summed E-state index contributed by atoms with van der Waals surface area (Å²) in [7, 11) is -6.67. The number of nitrogens with zero attached hydrogens (tertiary/aromatic N) is 2. The minimum atomic E-state index is -4.36. The molecule has 0 fully saturated rings. The number of unbranched alkanes of at least 4 members (excludes halogenated alkanes) is 1. The lowest BCUT2D eigenvalue weighted by atomic mass is 9.79. The van der Waals surface area contributed by atoms with Crippen LogP contribution in [0, 0.1) is 0 Å². The Morgan fingerprint density at radius 1 is 0.736 bits per heavy atom. The van der Waals surface area contributed by atoms with E-state index in [4.69, 9.17) is 0 Å². The number of hydrogen-bond acceptors (Lipinski definition) is 6. The first-order chi connectivity index (χ1) is 24.8. The summed E-state index contributed by atoms with van der Waals surface area (Å²) in [5.41, 5.74) is 5.33. The molecule has 2 heterocycles. The fourth-order valence-electron chi connectivity index (χ4n) is 7.90. The average molecular weight is 756 g/mol. The summed E-state index contributed by atoms with van der Waals surface area (Å²) in [5, 5.41) is 12.4. The van der Waals surface area contributed by atoms with Gasteiger partial charge in [0.25, 0.3) is 20.2 Å².